The molecule has 0 radical (unpaired) electrons. The number of hydrogen-bond donors (Lipinski definition) is 1. The summed E-state index contributed by atoms with van der Waals surface area (Å²) in [5.41, 5.74) is 0. The Hall–Kier alpha value is -1.72. The van der Waals surface area contributed by atoms with Gasteiger partial charge >= 0.3 is 12.1 Å². The molecule has 0 fully saturated rings. The Bertz CT molecular complexity index is 255. The summed E-state index contributed by atoms with van der Waals surface area (Å²) in [4.78, 5) is 10.4. The van der Waals surface area contributed by atoms with Crippen LogP contribution in [-0.2, 0) is 4.74 Å². The van der Waals surface area contributed by atoms with Gasteiger partial charge in [-0.25, -0.2) is 4.79 Å². The molecule has 0 atom stereocenters. The van der Waals surface area contributed by atoms with Crippen LogP contribution in [0, 0.1) is 0 Å². The monoisotopic (exact) mass is 159 g/mol. The summed E-state index contributed by atoms with van der Waals surface area (Å²) in [6, 6.07) is 1.04. The first kappa shape index (κ1) is 7.39. The van der Waals surface area contributed by atoms with E-state index < -0.39 is 6.16 Å². The van der Waals surface area contributed by atoms with Crippen molar-refractivity contribution >= 4 is 6.16 Å². The molecule has 1 rings (SSSR count). The van der Waals surface area contributed by atoms with E-state index in [1.54, 1.807) is 0 Å². The summed E-state index contributed by atoms with van der Waals surface area (Å²) in [7, 11) is 1.15. The van der Waals surface area contributed by atoms with Crippen molar-refractivity contribution in [3.8, 4) is 11.8 Å². The second kappa shape index (κ2) is 2.91. The first-order chi connectivity index (χ1) is 5.22. The van der Waals surface area contributed by atoms with E-state index >= 15 is 0 Å². The lowest BCUT2D eigenvalue weighted by molar-refractivity contribution is 0.107. The summed E-state index contributed by atoms with van der Waals surface area (Å²) in [6.45, 7) is 0. The number of hydrogen-bond acceptors (Lipinski definition) is 6. The second-order valence-corrected chi connectivity index (χ2v) is 1.56. The lowest BCUT2D eigenvalue weighted by Gasteiger charge is -1.93. The standard InChI is InChI=1S/C5H5NO5/c1-9-5(8)10-4-2-3(7)6-11-4/h2H,1H3,(H,6,7). The predicted molar refractivity (Wildman–Crippen MR) is 31.2 cm³/mol. The van der Waals surface area contributed by atoms with E-state index in [0.717, 1.165) is 13.2 Å². The van der Waals surface area contributed by atoms with E-state index in [2.05, 4.69) is 19.2 Å². The number of aromatic nitrogens is 1. The minimum Gasteiger partial charge on any atom is -0.491 e. The van der Waals surface area contributed by atoms with Gasteiger partial charge in [0.25, 0.3) is 5.88 Å². The van der Waals surface area contributed by atoms with Crippen molar-refractivity contribution in [3.63, 3.8) is 0 Å². The molecule has 0 bridgehead atoms. The zero-order valence-corrected chi connectivity index (χ0v) is 5.60. The molecule has 0 aliphatic heterocycles. The molecule has 0 spiro atoms. The SMILES string of the molecule is COC(=O)Oc1cc(O)no1. The van der Waals surface area contributed by atoms with Crippen molar-refractivity contribution in [2.24, 2.45) is 0 Å². The quantitative estimate of drug-likeness (QED) is 0.601. The van der Waals surface area contributed by atoms with Crippen LogP contribution < -0.4 is 4.74 Å². The Labute approximate surface area is 61.3 Å². The molecule has 11 heavy (non-hydrogen) atoms. The molecular weight excluding hydrogens is 154 g/mol. The van der Waals surface area contributed by atoms with Crippen LogP contribution in [0.15, 0.2) is 10.6 Å². The van der Waals surface area contributed by atoms with Gasteiger partial charge in [-0.05, 0) is 5.16 Å². The molecule has 1 aromatic heterocycles. The van der Waals surface area contributed by atoms with Crippen LogP contribution in [0.1, 0.15) is 0 Å². The van der Waals surface area contributed by atoms with Crippen molar-refractivity contribution in [2.45, 2.75) is 0 Å². The molecule has 0 aliphatic carbocycles. The van der Waals surface area contributed by atoms with Gasteiger partial charge in [-0.1, -0.05) is 0 Å². The van der Waals surface area contributed by atoms with E-state index in [9.17, 15) is 4.79 Å². The van der Waals surface area contributed by atoms with Gasteiger partial charge in [0.2, 0.25) is 0 Å². The molecule has 0 aromatic carbocycles. The predicted octanol–water partition coefficient (Wildman–Crippen LogP) is 0.525. The molecule has 6 heteroatoms. The summed E-state index contributed by atoms with van der Waals surface area (Å²) in [5.74, 6) is -0.571. The normalized spacial score (nSPS) is 9.18. The van der Waals surface area contributed by atoms with Gasteiger partial charge in [-0.15, -0.1) is 0 Å². The van der Waals surface area contributed by atoms with Gasteiger partial charge in [0, 0.05) is 0 Å². The Morgan fingerprint density at radius 3 is 3.00 bits per heavy atom. The summed E-state index contributed by atoms with van der Waals surface area (Å²) in [5, 5.41) is 11.7. The van der Waals surface area contributed by atoms with Crippen molar-refractivity contribution in [1.82, 2.24) is 5.16 Å². The number of aromatic hydroxyl groups is 1. The third-order valence-corrected chi connectivity index (χ3v) is 0.827. The van der Waals surface area contributed by atoms with E-state index in [4.69, 9.17) is 5.11 Å². The molecule has 0 saturated heterocycles. The minimum absolute atomic E-state index is 0.214. The molecule has 6 nitrogen and oxygen atoms in total. The topological polar surface area (TPSA) is 81.8 Å². The average molecular weight is 159 g/mol. The Balaban J connectivity index is 2.57. The fourth-order valence-corrected chi connectivity index (χ4v) is 0.422. The third kappa shape index (κ3) is 1.85. The van der Waals surface area contributed by atoms with E-state index in [0.29, 0.717) is 0 Å². The maximum Gasteiger partial charge on any atom is 0.516 e. The molecule has 0 saturated carbocycles. The summed E-state index contributed by atoms with van der Waals surface area (Å²) in [6.07, 6.45) is -0.929. The zero-order chi connectivity index (χ0) is 8.27. The maximum absolute atomic E-state index is 10.4. The Kier molecular flexibility index (Phi) is 1.95. The van der Waals surface area contributed by atoms with Gasteiger partial charge in [0.1, 0.15) is 0 Å². The minimum atomic E-state index is -0.929. The first-order valence-corrected chi connectivity index (χ1v) is 2.64. The van der Waals surface area contributed by atoms with Crippen molar-refractivity contribution in [1.29, 1.82) is 0 Å². The number of carbonyl (C=O) groups excluding carboxylic acids is 1. The van der Waals surface area contributed by atoms with E-state index in [1.807, 2.05) is 0 Å². The van der Waals surface area contributed by atoms with Gasteiger partial charge < -0.3 is 19.1 Å². The number of nitrogens with zero attached hydrogens (tertiary/aromatic N) is 1. The largest absolute Gasteiger partial charge is 0.516 e. The van der Waals surface area contributed by atoms with Crippen LogP contribution in [0.5, 0.6) is 11.8 Å². The number of rotatable bonds is 1. The van der Waals surface area contributed by atoms with E-state index in [-0.39, 0.29) is 11.8 Å². The lowest BCUT2D eigenvalue weighted by Crippen LogP contribution is -2.06. The Morgan fingerprint density at radius 2 is 2.55 bits per heavy atom. The van der Waals surface area contributed by atoms with Gasteiger partial charge in [-0.2, -0.15) is 0 Å². The Morgan fingerprint density at radius 1 is 1.82 bits per heavy atom. The van der Waals surface area contributed by atoms with Crippen LogP contribution in [-0.4, -0.2) is 23.5 Å². The molecule has 0 amide bonds. The highest BCUT2D eigenvalue weighted by molar-refractivity contribution is 5.62. The van der Waals surface area contributed by atoms with Crippen LogP contribution >= 0.6 is 0 Å². The van der Waals surface area contributed by atoms with Crippen molar-refractivity contribution in [2.75, 3.05) is 7.11 Å². The van der Waals surface area contributed by atoms with Crippen LogP contribution in [0.3, 0.4) is 0 Å². The fraction of sp³-hybridized carbons (Fsp3) is 0.200. The molecule has 0 unspecified atom stereocenters. The van der Waals surface area contributed by atoms with Crippen LogP contribution in [0.4, 0.5) is 4.79 Å². The summed E-state index contributed by atoms with van der Waals surface area (Å²) >= 11 is 0. The molecule has 1 N–H and O–H groups in total. The van der Waals surface area contributed by atoms with E-state index in [1.165, 1.54) is 0 Å². The van der Waals surface area contributed by atoms with Crippen LogP contribution in [0.2, 0.25) is 0 Å². The fourth-order valence-electron chi connectivity index (χ4n) is 0.422. The first-order valence-electron chi connectivity index (χ1n) is 2.64. The molecular formula is C5H5NO5. The number of carbonyl (C=O) groups is 1. The highest BCUT2D eigenvalue weighted by Gasteiger charge is 2.08. The highest BCUT2D eigenvalue weighted by atomic mass is 16.8. The number of ether oxygens (including phenoxy) is 2. The zero-order valence-electron chi connectivity index (χ0n) is 5.60. The van der Waals surface area contributed by atoms with Gasteiger partial charge in [-0.3, -0.25) is 0 Å². The van der Waals surface area contributed by atoms with Crippen molar-refractivity contribution < 1.29 is 23.9 Å². The lowest BCUT2D eigenvalue weighted by atomic mass is 10.7. The molecule has 60 valence electrons. The van der Waals surface area contributed by atoms with Gasteiger partial charge in [0.05, 0.1) is 13.2 Å². The van der Waals surface area contributed by atoms with Crippen LogP contribution in [0.25, 0.3) is 0 Å². The maximum atomic E-state index is 10.4. The highest BCUT2D eigenvalue weighted by Crippen LogP contribution is 2.16. The third-order valence-electron chi connectivity index (χ3n) is 0.827. The molecule has 1 aromatic rings. The number of methoxy groups -OCH3 is 1. The average Bonchev–Trinajstić information content (AvgIpc) is 2.35. The molecule has 1 heterocycles. The molecule has 0 aliphatic rings. The van der Waals surface area contributed by atoms with Gasteiger partial charge in [0.15, 0.2) is 0 Å². The second-order valence-electron chi connectivity index (χ2n) is 1.56. The van der Waals surface area contributed by atoms with Crippen molar-refractivity contribution in [3.05, 3.63) is 6.07 Å². The smallest absolute Gasteiger partial charge is 0.491 e. The summed E-state index contributed by atoms with van der Waals surface area (Å²) < 4.78 is 12.8.